The third kappa shape index (κ3) is 8.08. The number of unbranched alkanes of at least 4 members (excludes halogenated alkanes) is 2. The van der Waals surface area contributed by atoms with E-state index in [0.29, 0.717) is 24.2 Å². The van der Waals surface area contributed by atoms with Crippen LogP contribution in [0.5, 0.6) is 0 Å². The van der Waals surface area contributed by atoms with Crippen molar-refractivity contribution in [2.75, 3.05) is 14.1 Å². The molecule has 0 aromatic heterocycles. The number of piperidine rings is 2. The van der Waals surface area contributed by atoms with E-state index in [-0.39, 0.29) is 21.2 Å². The minimum absolute atomic E-state index is 0.160. The molecule has 0 aliphatic carbocycles. The fraction of sp³-hybridized carbons (Fsp3) is 0.613. The van der Waals surface area contributed by atoms with Gasteiger partial charge in [0.25, 0.3) is 11.4 Å². The predicted molar refractivity (Wildman–Crippen MR) is 155 cm³/mol. The maximum atomic E-state index is 10.9. The molecule has 0 bridgehead atoms. The first-order chi connectivity index (χ1) is 18.8. The lowest BCUT2D eigenvalue weighted by Crippen LogP contribution is -2.45. The molecule has 212 valence electrons. The Hall–Kier alpha value is -2.84. The van der Waals surface area contributed by atoms with Gasteiger partial charge in [-0.25, -0.2) is 0 Å². The summed E-state index contributed by atoms with van der Waals surface area (Å²) in [7, 11) is 4.53. The molecule has 4 unspecified atom stereocenters. The highest BCUT2D eigenvalue weighted by molar-refractivity contribution is 5.34. The Labute approximate surface area is 232 Å². The zero-order chi connectivity index (χ0) is 27.8. The average Bonchev–Trinajstić information content (AvgIpc) is 2.93. The molecule has 0 N–H and O–H groups in total. The third-order valence-corrected chi connectivity index (χ3v) is 9.26. The number of non-ortho nitro benzene ring substituents is 2. The number of hydrogen-bond acceptors (Lipinski definition) is 6. The van der Waals surface area contributed by atoms with E-state index in [1.54, 1.807) is 24.3 Å². The van der Waals surface area contributed by atoms with Crippen LogP contribution in [0.4, 0.5) is 11.4 Å². The first kappa shape index (κ1) is 29.2. The molecule has 0 saturated carbocycles. The number of hydrogen-bond donors (Lipinski definition) is 0. The molecule has 2 fully saturated rings. The van der Waals surface area contributed by atoms with Crippen LogP contribution < -0.4 is 0 Å². The van der Waals surface area contributed by atoms with Crippen molar-refractivity contribution in [1.29, 1.82) is 0 Å². The van der Waals surface area contributed by atoms with Crippen LogP contribution in [0.3, 0.4) is 0 Å². The van der Waals surface area contributed by atoms with Crippen LogP contribution in [-0.4, -0.2) is 57.9 Å². The van der Waals surface area contributed by atoms with E-state index in [9.17, 15) is 20.2 Å². The van der Waals surface area contributed by atoms with Crippen molar-refractivity contribution in [3.63, 3.8) is 0 Å². The molecule has 2 aliphatic rings. The van der Waals surface area contributed by atoms with E-state index in [4.69, 9.17) is 0 Å². The van der Waals surface area contributed by atoms with E-state index in [2.05, 4.69) is 23.9 Å². The fourth-order valence-electron chi connectivity index (χ4n) is 6.77. The highest BCUT2D eigenvalue weighted by Gasteiger charge is 2.29. The standard InChI is InChI=1S/C31H44N4O4/c1-32-26(10-6-12-30(32)22-24-14-18-28(19-15-24)34(36)37)8-4-3-5-9-27-11-7-13-31(33(27)2)23-25-16-20-29(21-17-25)35(38)39/h14-21,26-27,30-31H,3-13,22-23H2,1-2H3. The Kier molecular flexibility index (Phi) is 10.5. The van der Waals surface area contributed by atoms with Gasteiger partial charge in [0.05, 0.1) is 9.85 Å². The quantitative estimate of drug-likeness (QED) is 0.166. The zero-order valence-electron chi connectivity index (χ0n) is 23.5. The minimum Gasteiger partial charge on any atom is -0.300 e. The van der Waals surface area contributed by atoms with E-state index in [0.717, 1.165) is 12.8 Å². The lowest BCUT2D eigenvalue weighted by molar-refractivity contribution is -0.385. The van der Waals surface area contributed by atoms with Crippen LogP contribution in [0.2, 0.25) is 0 Å². The summed E-state index contributed by atoms with van der Waals surface area (Å²) < 4.78 is 0. The number of likely N-dealkylation sites (N-methyl/N-ethyl adjacent to an activating group) is 2. The summed E-state index contributed by atoms with van der Waals surface area (Å²) in [6.45, 7) is 0. The number of nitro groups is 2. The molecule has 39 heavy (non-hydrogen) atoms. The number of rotatable bonds is 12. The first-order valence-electron chi connectivity index (χ1n) is 14.7. The SMILES string of the molecule is CN1C(CCCCCC2CCCC(Cc3ccc([N+](=O)[O-])cc3)N2C)CCCC1Cc1ccc([N+](=O)[O-])cc1. The molecule has 0 spiro atoms. The van der Waals surface area contributed by atoms with Crippen LogP contribution in [0, 0.1) is 20.2 Å². The van der Waals surface area contributed by atoms with E-state index in [1.807, 2.05) is 24.3 Å². The van der Waals surface area contributed by atoms with Gasteiger partial charge in [-0.2, -0.15) is 0 Å². The smallest absolute Gasteiger partial charge is 0.269 e. The molecule has 0 amide bonds. The van der Waals surface area contributed by atoms with Crippen LogP contribution in [0.15, 0.2) is 48.5 Å². The number of benzene rings is 2. The largest absolute Gasteiger partial charge is 0.300 e. The third-order valence-electron chi connectivity index (χ3n) is 9.26. The lowest BCUT2D eigenvalue weighted by atomic mass is 9.88. The molecule has 2 saturated heterocycles. The van der Waals surface area contributed by atoms with Crippen molar-refractivity contribution in [3.05, 3.63) is 79.9 Å². The van der Waals surface area contributed by atoms with Crippen molar-refractivity contribution in [2.24, 2.45) is 0 Å². The molecular weight excluding hydrogens is 492 g/mol. The molecule has 8 nitrogen and oxygen atoms in total. The highest BCUT2D eigenvalue weighted by atomic mass is 16.6. The number of likely N-dealkylation sites (tertiary alicyclic amines) is 2. The summed E-state index contributed by atoms with van der Waals surface area (Å²) in [5.74, 6) is 0. The second-order valence-corrected chi connectivity index (χ2v) is 11.7. The number of nitro benzene ring substituents is 2. The van der Waals surface area contributed by atoms with Crippen LogP contribution >= 0.6 is 0 Å². The molecule has 0 radical (unpaired) electrons. The summed E-state index contributed by atoms with van der Waals surface area (Å²) in [5, 5.41) is 21.9. The summed E-state index contributed by atoms with van der Waals surface area (Å²) in [4.78, 5) is 26.3. The summed E-state index contributed by atoms with van der Waals surface area (Å²) in [6.07, 6.45) is 15.7. The van der Waals surface area contributed by atoms with Crippen molar-refractivity contribution in [3.8, 4) is 0 Å². The second kappa shape index (κ2) is 14.0. The predicted octanol–water partition coefficient (Wildman–Crippen LogP) is 6.94. The summed E-state index contributed by atoms with van der Waals surface area (Å²) in [5.41, 5.74) is 2.68. The monoisotopic (exact) mass is 536 g/mol. The van der Waals surface area contributed by atoms with Crippen molar-refractivity contribution < 1.29 is 9.85 Å². The maximum Gasteiger partial charge on any atom is 0.269 e. The molecule has 4 atom stereocenters. The van der Waals surface area contributed by atoms with Crippen LogP contribution in [0.25, 0.3) is 0 Å². The van der Waals surface area contributed by atoms with Gasteiger partial charge in [0.2, 0.25) is 0 Å². The maximum absolute atomic E-state index is 10.9. The van der Waals surface area contributed by atoms with Gasteiger partial charge in [-0.15, -0.1) is 0 Å². The van der Waals surface area contributed by atoms with E-state index in [1.165, 1.54) is 81.8 Å². The minimum atomic E-state index is -0.334. The topological polar surface area (TPSA) is 92.8 Å². The van der Waals surface area contributed by atoms with Gasteiger partial charge in [0, 0.05) is 48.4 Å². The Morgan fingerprint density at radius 3 is 1.33 bits per heavy atom. The lowest BCUT2D eigenvalue weighted by Gasteiger charge is -2.40. The Bertz CT molecular complexity index is 990. The fourth-order valence-corrected chi connectivity index (χ4v) is 6.77. The molecule has 2 aromatic carbocycles. The molecule has 8 heteroatoms. The average molecular weight is 537 g/mol. The highest BCUT2D eigenvalue weighted by Crippen LogP contribution is 2.30. The summed E-state index contributed by atoms with van der Waals surface area (Å²) in [6, 6.07) is 16.4. The molecule has 2 heterocycles. The summed E-state index contributed by atoms with van der Waals surface area (Å²) >= 11 is 0. The Balaban J connectivity index is 1.17. The van der Waals surface area contributed by atoms with Crippen molar-refractivity contribution in [1.82, 2.24) is 9.80 Å². The van der Waals surface area contributed by atoms with Gasteiger partial charge in [0.15, 0.2) is 0 Å². The van der Waals surface area contributed by atoms with Gasteiger partial charge >= 0.3 is 0 Å². The Morgan fingerprint density at radius 2 is 0.974 bits per heavy atom. The molecular formula is C31H44N4O4. The van der Waals surface area contributed by atoms with Crippen molar-refractivity contribution in [2.45, 2.75) is 108 Å². The first-order valence-corrected chi connectivity index (χ1v) is 14.7. The van der Waals surface area contributed by atoms with Crippen molar-refractivity contribution >= 4 is 11.4 Å². The molecule has 2 aliphatic heterocycles. The van der Waals surface area contributed by atoms with Gasteiger partial charge in [-0.05, 0) is 76.6 Å². The van der Waals surface area contributed by atoms with E-state index < -0.39 is 0 Å². The van der Waals surface area contributed by atoms with Crippen LogP contribution in [-0.2, 0) is 12.8 Å². The van der Waals surface area contributed by atoms with Gasteiger partial charge < -0.3 is 9.80 Å². The molecule has 4 rings (SSSR count). The van der Waals surface area contributed by atoms with Gasteiger partial charge in [-0.3, -0.25) is 20.2 Å². The van der Waals surface area contributed by atoms with Gasteiger partial charge in [-0.1, -0.05) is 56.4 Å². The second-order valence-electron chi connectivity index (χ2n) is 11.7. The van der Waals surface area contributed by atoms with Crippen LogP contribution in [0.1, 0.15) is 81.8 Å². The van der Waals surface area contributed by atoms with Gasteiger partial charge in [0.1, 0.15) is 0 Å². The normalized spacial score (nSPS) is 24.5. The Morgan fingerprint density at radius 1 is 0.615 bits per heavy atom. The molecule has 2 aromatic rings. The zero-order valence-corrected chi connectivity index (χ0v) is 23.5. The number of nitrogens with zero attached hydrogens (tertiary/aromatic N) is 4. The van der Waals surface area contributed by atoms with E-state index >= 15 is 0 Å².